The van der Waals surface area contributed by atoms with E-state index in [1.807, 2.05) is 0 Å². The van der Waals surface area contributed by atoms with Crippen LogP contribution in [0.25, 0.3) is 11.0 Å². The second kappa shape index (κ2) is 6.14. The van der Waals surface area contributed by atoms with Crippen molar-refractivity contribution in [1.29, 1.82) is 0 Å². The van der Waals surface area contributed by atoms with Crippen molar-refractivity contribution >= 4 is 45.8 Å². The molecule has 0 fully saturated rings. The fourth-order valence-corrected chi connectivity index (χ4v) is 2.72. The summed E-state index contributed by atoms with van der Waals surface area (Å²) in [6.07, 6.45) is -2.73. The van der Waals surface area contributed by atoms with Crippen molar-refractivity contribution in [3.8, 4) is 0 Å². The van der Waals surface area contributed by atoms with Crippen LogP contribution in [0.3, 0.4) is 0 Å². The lowest BCUT2D eigenvalue weighted by Gasteiger charge is -2.08. The number of halogens is 4. The van der Waals surface area contributed by atoms with Gasteiger partial charge in [-0.3, -0.25) is 4.79 Å². The van der Waals surface area contributed by atoms with Gasteiger partial charge in [-0.1, -0.05) is 35.3 Å². The summed E-state index contributed by atoms with van der Waals surface area (Å²) in [4.78, 5) is 18.7. The van der Waals surface area contributed by atoms with Crippen molar-refractivity contribution in [2.45, 2.75) is 6.43 Å². The Labute approximate surface area is 139 Å². The van der Waals surface area contributed by atoms with Crippen molar-refractivity contribution in [3.63, 3.8) is 0 Å². The van der Waals surface area contributed by atoms with Crippen molar-refractivity contribution in [1.82, 2.24) is 9.97 Å². The summed E-state index contributed by atoms with van der Waals surface area (Å²) in [5.74, 6) is -1.01. The number of hydrogen-bond acceptors (Lipinski definition) is 2. The number of alkyl halides is 2. The topological polar surface area (TPSA) is 57.8 Å². The van der Waals surface area contributed by atoms with E-state index in [4.69, 9.17) is 23.2 Å². The first-order chi connectivity index (χ1) is 11.0. The maximum atomic E-state index is 12.8. The Kier molecular flexibility index (Phi) is 4.19. The van der Waals surface area contributed by atoms with Crippen LogP contribution in [0, 0.1) is 0 Å². The number of nitrogens with zero attached hydrogens (tertiary/aromatic N) is 1. The Morgan fingerprint density at radius 3 is 2.43 bits per heavy atom. The lowest BCUT2D eigenvalue weighted by atomic mass is 10.2. The van der Waals surface area contributed by atoms with Crippen LogP contribution < -0.4 is 5.32 Å². The Balaban J connectivity index is 2.00. The van der Waals surface area contributed by atoms with Gasteiger partial charge in [0.2, 0.25) is 0 Å². The average molecular weight is 356 g/mol. The van der Waals surface area contributed by atoms with E-state index in [1.165, 1.54) is 12.1 Å². The minimum Gasteiger partial charge on any atom is -0.337 e. The van der Waals surface area contributed by atoms with Crippen LogP contribution in [-0.4, -0.2) is 15.9 Å². The summed E-state index contributed by atoms with van der Waals surface area (Å²) in [6.45, 7) is 0. The molecule has 0 saturated carbocycles. The number of carbonyl (C=O) groups is 1. The Morgan fingerprint density at radius 1 is 1.13 bits per heavy atom. The van der Waals surface area contributed by atoms with Gasteiger partial charge in [0.25, 0.3) is 12.3 Å². The van der Waals surface area contributed by atoms with Gasteiger partial charge >= 0.3 is 0 Å². The lowest BCUT2D eigenvalue weighted by Crippen LogP contribution is -2.13. The Bertz CT molecular complexity index is 875. The molecule has 2 N–H and O–H groups in total. The zero-order valence-electron chi connectivity index (χ0n) is 11.4. The van der Waals surface area contributed by atoms with Gasteiger partial charge in [0.1, 0.15) is 5.52 Å². The van der Waals surface area contributed by atoms with Gasteiger partial charge in [0.15, 0.2) is 5.82 Å². The molecule has 0 saturated heterocycles. The van der Waals surface area contributed by atoms with E-state index in [0.29, 0.717) is 5.52 Å². The molecule has 0 radical (unpaired) electrons. The fourth-order valence-electron chi connectivity index (χ4n) is 2.15. The number of aromatic amines is 1. The zero-order valence-corrected chi connectivity index (χ0v) is 12.9. The van der Waals surface area contributed by atoms with E-state index in [0.717, 1.165) is 0 Å². The number of rotatable bonds is 3. The molecule has 3 aromatic rings. The van der Waals surface area contributed by atoms with Crippen LogP contribution in [-0.2, 0) is 0 Å². The van der Waals surface area contributed by atoms with Gasteiger partial charge in [-0.05, 0) is 24.3 Å². The first-order valence-electron chi connectivity index (χ1n) is 6.49. The molecule has 4 nitrogen and oxygen atoms in total. The van der Waals surface area contributed by atoms with E-state index in [-0.39, 0.29) is 26.8 Å². The second-order valence-electron chi connectivity index (χ2n) is 4.68. The summed E-state index contributed by atoms with van der Waals surface area (Å²) < 4.78 is 25.5. The number of imidazole rings is 1. The van der Waals surface area contributed by atoms with E-state index >= 15 is 0 Å². The highest BCUT2D eigenvalue weighted by atomic mass is 35.5. The summed E-state index contributed by atoms with van der Waals surface area (Å²) in [6, 6.07) is 9.44. The second-order valence-corrected chi connectivity index (χ2v) is 5.49. The molecular formula is C15H9Cl2F2N3O. The molecule has 2 aromatic carbocycles. The van der Waals surface area contributed by atoms with Crippen LogP contribution in [0.5, 0.6) is 0 Å². The molecule has 0 aliphatic carbocycles. The number of H-pyrrole nitrogens is 1. The van der Waals surface area contributed by atoms with Crippen molar-refractivity contribution < 1.29 is 13.6 Å². The zero-order chi connectivity index (χ0) is 16.6. The third-order valence-electron chi connectivity index (χ3n) is 3.18. The number of aromatic nitrogens is 2. The molecule has 3 rings (SSSR count). The lowest BCUT2D eigenvalue weighted by molar-refractivity contribution is 0.102. The first-order valence-corrected chi connectivity index (χ1v) is 7.25. The van der Waals surface area contributed by atoms with Crippen LogP contribution in [0.15, 0.2) is 36.4 Å². The molecule has 0 unspecified atom stereocenters. The van der Waals surface area contributed by atoms with E-state index in [1.54, 1.807) is 24.3 Å². The summed E-state index contributed by atoms with van der Waals surface area (Å²) in [7, 11) is 0. The first kappa shape index (κ1) is 15.7. The average Bonchev–Trinajstić information content (AvgIpc) is 2.92. The number of benzene rings is 2. The Morgan fingerprint density at radius 2 is 1.78 bits per heavy atom. The van der Waals surface area contributed by atoms with Gasteiger partial charge < -0.3 is 10.3 Å². The molecule has 1 aromatic heterocycles. The summed E-state index contributed by atoms with van der Waals surface area (Å²) >= 11 is 12.0. The quantitative estimate of drug-likeness (QED) is 0.689. The number of para-hydroxylation sites is 1. The number of carbonyl (C=O) groups excluding carboxylic acids is 1. The molecule has 8 heteroatoms. The molecule has 1 amide bonds. The van der Waals surface area contributed by atoms with Gasteiger partial charge in [0, 0.05) is 0 Å². The summed E-state index contributed by atoms with van der Waals surface area (Å²) in [5.41, 5.74) is 1.02. The molecule has 0 spiro atoms. The molecule has 0 atom stereocenters. The number of anilines is 1. The molecule has 1 heterocycles. The van der Waals surface area contributed by atoms with Crippen LogP contribution in [0.1, 0.15) is 22.6 Å². The minimum absolute atomic E-state index is 0.109. The van der Waals surface area contributed by atoms with E-state index < -0.39 is 18.2 Å². The van der Waals surface area contributed by atoms with Crippen LogP contribution in [0.2, 0.25) is 10.0 Å². The van der Waals surface area contributed by atoms with Gasteiger partial charge in [-0.15, -0.1) is 0 Å². The predicted molar refractivity (Wildman–Crippen MR) is 85.5 cm³/mol. The van der Waals surface area contributed by atoms with Gasteiger partial charge in [-0.2, -0.15) is 0 Å². The summed E-state index contributed by atoms with van der Waals surface area (Å²) in [5, 5.41) is 2.98. The van der Waals surface area contributed by atoms with Gasteiger partial charge in [-0.25, -0.2) is 13.8 Å². The molecule has 0 aliphatic heterocycles. The fraction of sp³-hybridized carbons (Fsp3) is 0.0667. The molecule has 0 bridgehead atoms. The highest BCUT2D eigenvalue weighted by Crippen LogP contribution is 2.28. The largest absolute Gasteiger partial charge is 0.337 e. The Hall–Kier alpha value is -2.18. The van der Waals surface area contributed by atoms with E-state index in [2.05, 4.69) is 15.3 Å². The monoisotopic (exact) mass is 355 g/mol. The molecular weight excluding hydrogens is 347 g/mol. The van der Waals surface area contributed by atoms with Gasteiger partial charge in [0.05, 0.1) is 26.8 Å². The third-order valence-corrected chi connectivity index (χ3v) is 3.81. The number of amides is 1. The maximum absolute atomic E-state index is 12.8. The van der Waals surface area contributed by atoms with Crippen LogP contribution in [0.4, 0.5) is 14.5 Å². The number of hydrogen-bond donors (Lipinski definition) is 2. The normalized spacial score (nSPS) is 11.2. The standard InChI is InChI=1S/C15H9Cl2F2N3O/c16-7-3-1-4-8(17)11(7)15(23)21-10-6-2-5-9-12(10)22-14(20-9)13(18)19/h1-6,13H,(H,20,22)(H,21,23). The highest BCUT2D eigenvalue weighted by Gasteiger charge is 2.18. The number of nitrogens with one attached hydrogen (secondary N) is 2. The minimum atomic E-state index is -2.73. The van der Waals surface area contributed by atoms with E-state index in [9.17, 15) is 13.6 Å². The SMILES string of the molecule is O=C(Nc1cccc2[nH]c(C(F)F)nc12)c1c(Cl)cccc1Cl. The smallest absolute Gasteiger partial charge is 0.295 e. The number of fused-ring (bicyclic) bond motifs is 1. The highest BCUT2D eigenvalue weighted by molar-refractivity contribution is 6.40. The third kappa shape index (κ3) is 3.00. The maximum Gasteiger partial charge on any atom is 0.295 e. The van der Waals surface area contributed by atoms with Crippen LogP contribution >= 0.6 is 23.2 Å². The van der Waals surface area contributed by atoms with Crippen molar-refractivity contribution in [2.75, 3.05) is 5.32 Å². The predicted octanol–water partition coefficient (Wildman–Crippen LogP) is 5.06. The van der Waals surface area contributed by atoms with Crippen molar-refractivity contribution in [2.24, 2.45) is 0 Å². The molecule has 118 valence electrons. The molecule has 23 heavy (non-hydrogen) atoms. The molecule has 0 aliphatic rings. The van der Waals surface area contributed by atoms with Crippen molar-refractivity contribution in [3.05, 3.63) is 57.8 Å².